The molecular weight excluding hydrogens is 435 g/mol. The predicted octanol–water partition coefficient (Wildman–Crippen LogP) is 3.78. The van der Waals surface area contributed by atoms with E-state index in [1.807, 2.05) is 0 Å². The van der Waals surface area contributed by atoms with Crippen LogP contribution in [0.3, 0.4) is 0 Å². The Kier molecular flexibility index (Phi) is 6.61. The van der Waals surface area contributed by atoms with Gasteiger partial charge >= 0.3 is 12.1 Å². The van der Waals surface area contributed by atoms with Gasteiger partial charge in [-0.25, -0.2) is 9.78 Å². The maximum absolute atomic E-state index is 12.5. The zero-order chi connectivity index (χ0) is 20.0. The molecule has 0 fully saturated rings. The van der Waals surface area contributed by atoms with Crippen molar-refractivity contribution in [2.75, 3.05) is 19.1 Å². The van der Waals surface area contributed by atoms with Gasteiger partial charge in [0.1, 0.15) is 5.82 Å². The molecule has 1 aromatic heterocycles. The van der Waals surface area contributed by atoms with Crippen LogP contribution in [0.25, 0.3) is 0 Å². The van der Waals surface area contributed by atoms with Gasteiger partial charge in [-0.05, 0) is 40.2 Å². The molecule has 27 heavy (non-hydrogen) atoms. The van der Waals surface area contributed by atoms with Crippen LogP contribution < -0.4 is 14.9 Å². The molecule has 2 aromatic rings. The summed E-state index contributed by atoms with van der Waals surface area (Å²) in [6.07, 6.45) is -2.38. The van der Waals surface area contributed by atoms with Crippen molar-refractivity contribution in [1.29, 1.82) is 0 Å². The first-order valence-electron chi connectivity index (χ1n) is 7.25. The highest BCUT2D eigenvalue weighted by molar-refractivity contribution is 9.10. The Morgan fingerprint density at radius 2 is 2.11 bits per heavy atom. The summed E-state index contributed by atoms with van der Waals surface area (Å²) in [5.41, 5.74) is 2.20. The topological polar surface area (TPSA) is 93.0 Å². The van der Waals surface area contributed by atoms with Crippen LogP contribution in [0.1, 0.15) is 11.1 Å². The molecule has 0 spiro atoms. The Hall–Kier alpha value is -2.82. The average Bonchev–Trinajstić information content (AvgIpc) is 2.61. The molecule has 0 aliphatic rings. The van der Waals surface area contributed by atoms with Crippen molar-refractivity contribution in [2.45, 2.75) is 6.18 Å². The van der Waals surface area contributed by atoms with Crippen LogP contribution >= 0.6 is 15.9 Å². The van der Waals surface area contributed by atoms with E-state index in [4.69, 9.17) is 14.6 Å². The number of hydrogen-bond acceptors (Lipinski definition) is 6. The van der Waals surface area contributed by atoms with E-state index >= 15 is 0 Å². The summed E-state index contributed by atoms with van der Waals surface area (Å²) in [5, 5.41) is 12.6. The third kappa shape index (κ3) is 5.84. The van der Waals surface area contributed by atoms with Gasteiger partial charge in [0.25, 0.3) is 0 Å². The van der Waals surface area contributed by atoms with Crippen LogP contribution in [0, 0.1) is 0 Å². The molecule has 0 aliphatic heterocycles. The highest BCUT2D eigenvalue weighted by Crippen LogP contribution is 2.33. The molecule has 0 amide bonds. The molecule has 0 atom stereocenters. The van der Waals surface area contributed by atoms with Crippen LogP contribution in [0.4, 0.5) is 19.0 Å². The molecule has 2 N–H and O–H groups in total. The molecule has 0 unspecified atom stereocenters. The molecule has 0 saturated carbocycles. The molecule has 144 valence electrons. The fourth-order valence-corrected chi connectivity index (χ4v) is 2.28. The largest absolute Gasteiger partial charge is 0.493 e. The van der Waals surface area contributed by atoms with Crippen molar-refractivity contribution in [3.63, 3.8) is 0 Å². The zero-order valence-electron chi connectivity index (χ0n) is 13.7. The van der Waals surface area contributed by atoms with E-state index in [0.717, 1.165) is 12.1 Å². The van der Waals surface area contributed by atoms with Crippen molar-refractivity contribution in [1.82, 2.24) is 4.98 Å². The lowest BCUT2D eigenvalue weighted by Crippen LogP contribution is -2.10. The Balaban J connectivity index is 2.11. The summed E-state index contributed by atoms with van der Waals surface area (Å²) < 4.78 is 48.3. The number of methoxy groups -OCH3 is 1. The Morgan fingerprint density at radius 3 is 2.67 bits per heavy atom. The molecule has 2 rings (SSSR count). The monoisotopic (exact) mass is 447 g/mol. The quantitative estimate of drug-likeness (QED) is 0.495. The van der Waals surface area contributed by atoms with Crippen molar-refractivity contribution in [2.24, 2.45) is 5.10 Å². The minimum Gasteiger partial charge on any atom is -0.493 e. The van der Waals surface area contributed by atoms with Gasteiger partial charge in [0, 0.05) is 16.2 Å². The van der Waals surface area contributed by atoms with Crippen molar-refractivity contribution < 1.29 is 32.5 Å². The normalized spacial score (nSPS) is 11.4. The fraction of sp³-hybridized carbons (Fsp3) is 0.188. The van der Waals surface area contributed by atoms with Gasteiger partial charge in [-0.15, -0.1) is 0 Å². The number of ether oxygens (including phenoxy) is 2. The molecule has 1 aromatic carbocycles. The van der Waals surface area contributed by atoms with Gasteiger partial charge in [-0.2, -0.15) is 18.3 Å². The second-order valence-corrected chi connectivity index (χ2v) is 5.86. The highest BCUT2D eigenvalue weighted by atomic mass is 79.9. The van der Waals surface area contributed by atoms with Crippen molar-refractivity contribution in [3.8, 4) is 11.5 Å². The lowest BCUT2D eigenvalue weighted by molar-refractivity contribution is -0.139. The SMILES string of the molecule is COc1cc(/C=N\Nc2ccc(C(F)(F)F)cn2)c(Br)cc1OCC(=O)O. The first-order chi connectivity index (χ1) is 12.7. The van der Waals surface area contributed by atoms with Gasteiger partial charge in [-0.1, -0.05) is 0 Å². The fourth-order valence-electron chi connectivity index (χ4n) is 1.86. The molecule has 11 heteroatoms. The second-order valence-electron chi connectivity index (χ2n) is 5.01. The molecule has 0 radical (unpaired) electrons. The van der Waals surface area contributed by atoms with Crippen LogP contribution in [-0.2, 0) is 11.0 Å². The summed E-state index contributed by atoms with van der Waals surface area (Å²) in [4.78, 5) is 14.2. The maximum Gasteiger partial charge on any atom is 0.417 e. The minimum absolute atomic E-state index is 0.128. The number of benzene rings is 1. The van der Waals surface area contributed by atoms with E-state index in [-0.39, 0.29) is 17.3 Å². The summed E-state index contributed by atoms with van der Waals surface area (Å²) in [6, 6.07) is 5.10. The Labute approximate surface area is 159 Å². The Bertz CT molecular complexity index is 842. The lowest BCUT2D eigenvalue weighted by atomic mass is 10.2. The molecule has 7 nitrogen and oxygen atoms in total. The Morgan fingerprint density at radius 1 is 1.37 bits per heavy atom. The first kappa shape index (κ1) is 20.5. The number of nitrogens with one attached hydrogen (secondary N) is 1. The predicted molar refractivity (Wildman–Crippen MR) is 94.3 cm³/mol. The maximum atomic E-state index is 12.5. The van der Waals surface area contributed by atoms with E-state index < -0.39 is 24.3 Å². The number of carboxylic acid groups (broad SMARTS) is 1. The van der Waals surface area contributed by atoms with Gasteiger partial charge in [-0.3, -0.25) is 5.43 Å². The summed E-state index contributed by atoms with van der Waals surface area (Å²) >= 11 is 3.29. The molecule has 1 heterocycles. The number of aliphatic carboxylic acids is 1. The number of halogens is 4. The molecule has 0 saturated heterocycles. The van der Waals surface area contributed by atoms with E-state index in [1.54, 1.807) is 6.07 Å². The smallest absolute Gasteiger partial charge is 0.417 e. The zero-order valence-corrected chi connectivity index (χ0v) is 15.3. The van der Waals surface area contributed by atoms with E-state index in [2.05, 4.69) is 31.4 Å². The van der Waals surface area contributed by atoms with Crippen molar-refractivity contribution in [3.05, 3.63) is 46.1 Å². The minimum atomic E-state index is -4.46. The molecular formula is C16H13BrF3N3O4. The molecule has 0 bridgehead atoms. The third-order valence-corrected chi connectivity index (χ3v) is 3.79. The van der Waals surface area contributed by atoms with Gasteiger partial charge < -0.3 is 14.6 Å². The number of hydrazone groups is 1. The number of aromatic nitrogens is 1. The average molecular weight is 448 g/mol. The molecule has 0 aliphatic carbocycles. The van der Waals surface area contributed by atoms with Gasteiger partial charge in [0.2, 0.25) is 0 Å². The first-order valence-corrected chi connectivity index (χ1v) is 8.04. The van der Waals surface area contributed by atoms with E-state index in [1.165, 1.54) is 19.4 Å². The number of carbonyl (C=O) groups is 1. The summed E-state index contributed by atoms with van der Waals surface area (Å²) in [7, 11) is 1.39. The van der Waals surface area contributed by atoms with Gasteiger partial charge in [0.15, 0.2) is 18.1 Å². The number of carboxylic acids is 1. The summed E-state index contributed by atoms with van der Waals surface area (Å²) in [5.74, 6) is -0.495. The number of alkyl halides is 3. The number of anilines is 1. The van der Waals surface area contributed by atoms with Crippen LogP contribution in [0.2, 0.25) is 0 Å². The van der Waals surface area contributed by atoms with E-state index in [0.29, 0.717) is 16.2 Å². The van der Waals surface area contributed by atoms with Gasteiger partial charge in [0.05, 0.1) is 18.9 Å². The number of rotatable bonds is 7. The number of pyridine rings is 1. The van der Waals surface area contributed by atoms with Crippen LogP contribution in [-0.4, -0.2) is 36.0 Å². The standard InChI is InChI=1S/C16H13BrF3N3O4/c1-26-12-4-9(11(17)5-13(12)27-8-15(24)25)6-22-23-14-3-2-10(7-21-14)16(18,19)20/h2-7H,8H2,1H3,(H,21,23)(H,24,25)/b22-6-. The van der Waals surface area contributed by atoms with Crippen LogP contribution in [0.5, 0.6) is 11.5 Å². The third-order valence-electron chi connectivity index (χ3n) is 3.11. The van der Waals surface area contributed by atoms with E-state index in [9.17, 15) is 18.0 Å². The van der Waals surface area contributed by atoms with Crippen LogP contribution in [0.15, 0.2) is 40.0 Å². The number of hydrogen-bond donors (Lipinski definition) is 2. The highest BCUT2D eigenvalue weighted by Gasteiger charge is 2.30. The van der Waals surface area contributed by atoms with Crippen molar-refractivity contribution >= 4 is 33.9 Å². The number of nitrogens with zero attached hydrogens (tertiary/aromatic N) is 2. The second kappa shape index (κ2) is 8.71. The lowest BCUT2D eigenvalue weighted by Gasteiger charge is -2.11. The summed E-state index contributed by atoms with van der Waals surface area (Å²) in [6.45, 7) is -0.530.